The predicted octanol–water partition coefficient (Wildman–Crippen LogP) is 2.39. The van der Waals surface area contributed by atoms with Crippen LogP contribution in [0.15, 0.2) is 23.1 Å². The van der Waals surface area contributed by atoms with Gasteiger partial charge in [-0.1, -0.05) is 6.92 Å². The Hall–Kier alpha value is -2.41. The summed E-state index contributed by atoms with van der Waals surface area (Å²) in [7, 11) is 0. The summed E-state index contributed by atoms with van der Waals surface area (Å²) >= 11 is 0. The molecule has 2 heterocycles. The van der Waals surface area contributed by atoms with Gasteiger partial charge in [-0.15, -0.1) is 0 Å². The van der Waals surface area contributed by atoms with Crippen molar-refractivity contribution in [3.8, 4) is 0 Å². The number of rotatable bonds is 4. The first-order valence-corrected chi connectivity index (χ1v) is 8.96. The quantitative estimate of drug-likeness (QED) is 0.906. The van der Waals surface area contributed by atoms with Gasteiger partial charge in [-0.3, -0.25) is 9.69 Å². The highest BCUT2D eigenvalue weighted by Crippen LogP contribution is 2.27. The summed E-state index contributed by atoms with van der Waals surface area (Å²) in [5.74, 6) is -1.79. The van der Waals surface area contributed by atoms with Crippen LogP contribution in [0.1, 0.15) is 31.1 Å². The molecule has 3 rings (SSSR count). The summed E-state index contributed by atoms with van der Waals surface area (Å²) in [6.07, 6.45) is 1.34. The zero-order chi connectivity index (χ0) is 19.0. The Bertz CT molecular complexity index is 909. The fourth-order valence-corrected chi connectivity index (χ4v) is 3.74. The molecule has 26 heavy (non-hydrogen) atoms. The molecule has 1 unspecified atom stereocenters. The van der Waals surface area contributed by atoms with E-state index in [4.69, 9.17) is 0 Å². The van der Waals surface area contributed by atoms with Crippen molar-refractivity contribution in [1.29, 1.82) is 0 Å². The van der Waals surface area contributed by atoms with E-state index in [-0.39, 0.29) is 10.9 Å². The van der Waals surface area contributed by atoms with E-state index in [2.05, 4.69) is 18.7 Å². The molecule has 1 atom stereocenters. The third-order valence-corrected chi connectivity index (χ3v) is 5.23. The van der Waals surface area contributed by atoms with Crippen LogP contribution in [0.2, 0.25) is 0 Å². The SMILES string of the molecule is CCN1CCN(c2cc3c(cc2F)c(=O)c(C(=O)O)cn3CC)CC1C. The molecule has 0 spiro atoms. The number of aryl methyl sites for hydroxylation is 1. The number of pyridine rings is 1. The van der Waals surface area contributed by atoms with Crippen LogP contribution in [0, 0.1) is 5.82 Å². The van der Waals surface area contributed by atoms with Gasteiger partial charge in [-0.2, -0.15) is 0 Å². The highest BCUT2D eigenvalue weighted by molar-refractivity contribution is 5.93. The number of hydrogen-bond donors (Lipinski definition) is 1. The molecular formula is C19H24FN3O3. The molecule has 1 saturated heterocycles. The molecule has 0 bridgehead atoms. The number of benzene rings is 1. The molecule has 0 aliphatic carbocycles. The second-order valence-corrected chi connectivity index (χ2v) is 6.71. The molecule has 140 valence electrons. The lowest BCUT2D eigenvalue weighted by atomic mass is 10.1. The number of aromatic carboxylic acids is 1. The van der Waals surface area contributed by atoms with Gasteiger partial charge in [-0.25, -0.2) is 9.18 Å². The minimum Gasteiger partial charge on any atom is -0.477 e. The first kappa shape index (κ1) is 18.4. The smallest absolute Gasteiger partial charge is 0.341 e. The van der Waals surface area contributed by atoms with Gasteiger partial charge >= 0.3 is 5.97 Å². The zero-order valence-electron chi connectivity index (χ0n) is 15.3. The van der Waals surface area contributed by atoms with Gasteiger partial charge in [0, 0.05) is 43.8 Å². The van der Waals surface area contributed by atoms with Crippen molar-refractivity contribution in [1.82, 2.24) is 9.47 Å². The number of aromatic nitrogens is 1. The average Bonchev–Trinajstić information content (AvgIpc) is 2.61. The van der Waals surface area contributed by atoms with Crippen molar-refractivity contribution in [2.24, 2.45) is 0 Å². The van der Waals surface area contributed by atoms with Crippen molar-refractivity contribution >= 4 is 22.6 Å². The summed E-state index contributed by atoms with van der Waals surface area (Å²) in [5.41, 5.74) is 0.0396. The van der Waals surface area contributed by atoms with Crippen LogP contribution in [0.25, 0.3) is 10.9 Å². The van der Waals surface area contributed by atoms with Crippen LogP contribution in [-0.4, -0.2) is 52.8 Å². The molecule has 0 amide bonds. The topological polar surface area (TPSA) is 65.8 Å². The standard InChI is InChI=1S/C19H24FN3O3/c1-4-21-6-7-23(10-12(21)3)17-9-16-13(8-15(17)20)18(24)14(19(25)26)11-22(16)5-2/h8-9,11-12H,4-7,10H2,1-3H3,(H,25,26). The lowest BCUT2D eigenvalue weighted by Crippen LogP contribution is -2.52. The first-order valence-electron chi connectivity index (χ1n) is 8.96. The van der Waals surface area contributed by atoms with Crippen LogP contribution in [0.3, 0.4) is 0 Å². The fourth-order valence-electron chi connectivity index (χ4n) is 3.74. The van der Waals surface area contributed by atoms with E-state index in [1.807, 2.05) is 11.8 Å². The van der Waals surface area contributed by atoms with Crippen LogP contribution < -0.4 is 10.3 Å². The van der Waals surface area contributed by atoms with Gasteiger partial charge in [-0.05, 0) is 32.5 Å². The number of carboxylic acid groups (broad SMARTS) is 1. The maximum Gasteiger partial charge on any atom is 0.341 e. The van der Waals surface area contributed by atoms with E-state index >= 15 is 0 Å². The van der Waals surface area contributed by atoms with E-state index in [0.29, 0.717) is 36.9 Å². The highest BCUT2D eigenvalue weighted by Gasteiger charge is 2.25. The van der Waals surface area contributed by atoms with Crippen molar-refractivity contribution in [3.63, 3.8) is 0 Å². The van der Waals surface area contributed by atoms with Gasteiger partial charge < -0.3 is 14.6 Å². The molecule has 1 aliphatic heterocycles. The Morgan fingerprint density at radius 1 is 1.27 bits per heavy atom. The summed E-state index contributed by atoms with van der Waals surface area (Å²) in [5, 5.41) is 9.34. The monoisotopic (exact) mass is 361 g/mol. The number of fused-ring (bicyclic) bond motifs is 1. The van der Waals surface area contributed by atoms with E-state index in [1.54, 1.807) is 10.6 Å². The summed E-state index contributed by atoms with van der Waals surface area (Å²) in [4.78, 5) is 28.1. The number of piperazine rings is 1. The maximum atomic E-state index is 14.8. The van der Waals surface area contributed by atoms with E-state index < -0.39 is 17.2 Å². The number of carbonyl (C=O) groups is 1. The summed E-state index contributed by atoms with van der Waals surface area (Å²) < 4.78 is 16.5. The van der Waals surface area contributed by atoms with Crippen molar-refractivity contribution in [2.75, 3.05) is 31.1 Å². The highest BCUT2D eigenvalue weighted by atomic mass is 19.1. The van der Waals surface area contributed by atoms with Crippen LogP contribution in [0.5, 0.6) is 0 Å². The number of carboxylic acids is 1. The minimum atomic E-state index is -1.30. The van der Waals surface area contributed by atoms with Crippen molar-refractivity contribution in [2.45, 2.75) is 33.4 Å². The molecule has 0 saturated carbocycles. The molecule has 1 aromatic heterocycles. The molecule has 2 aromatic rings. The summed E-state index contributed by atoms with van der Waals surface area (Å²) in [6.45, 7) is 9.82. The van der Waals surface area contributed by atoms with Gasteiger partial charge in [0.25, 0.3) is 0 Å². The third-order valence-electron chi connectivity index (χ3n) is 5.23. The Kier molecular flexibility index (Phi) is 5.00. The maximum absolute atomic E-state index is 14.8. The summed E-state index contributed by atoms with van der Waals surface area (Å²) in [6, 6.07) is 3.17. The van der Waals surface area contributed by atoms with Crippen molar-refractivity contribution < 1.29 is 14.3 Å². The average molecular weight is 361 g/mol. The second-order valence-electron chi connectivity index (χ2n) is 6.71. The molecule has 1 fully saturated rings. The van der Waals surface area contributed by atoms with Crippen molar-refractivity contribution in [3.05, 3.63) is 39.9 Å². The normalized spacial score (nSPS) is 18.5. The van der Waals surface area contributed by atoms with Gasteiger partial charge in [0.1, 0.15) is 11.4 Å². The predicted molar refractivity (Wildman–Crippen MR) is 99.7 cm³/mol. The lowest BCUT2D eigenvalue weighted by Gasteiger charge is -2.40. The molecular weight excluding hydrogens is 337 g/mol. The Morgan fingerprint density at radius 3 is 2.58 bits per heavy atom. The third kappa shape index (κ3) is 3.07. The molecule has 1 aliphatic rings. The van der Waals surface area contributed by atoms with E-state index in [1.165, 1.54) is 12.3 Å². The zero-order valence-corrected chi connectivity index (χ0v) is 15.3. The number of anilines is 1. The Morgan fingerprint density at radius 2 is 2.00 bits per heavy atom. The van der Waals surface area contributed by atoms with E-state index in [0.717, 1.165) is 13.1 Å². The number of halogens is 1. The number of nitrogens with zero attached hydrogens (tertiary/aromatic N) is 3. The number of hydrogen-bond acceptors (Lipinski definition) is 4. The molecule has 0 radical (unpaired) electrons. The van der Waals surface area contributed by atoms with E-state index in [9.17, 15) is 19.1 Å². The molecule has 6 nitrogen and oxygen atoms in total. The van der Waals surface area contributed by atoms with Gasteiger partial charge in [0.05, 0.1) is 11.2 Å². The molecule has 1 N–H and O–H groups in total. The van der Waals surface area contributed by atoms with Gasteiger partial charge in [0.2, 0.25) is 5.43 Å². The van der Waals surface area contributed by atoms with Crippen LogP contribution >= 0.6 is 0 Å². The van der Waals surface area contributed by atoms with Crippen LogP contribution in [0.4, 0.5) is 10.1 Å². The largest absolute Gasteiger partial charge is 0.477 e. The Labute approximate surface area is 151 Å². The lowest BCUT2D eigenvalue weighted by molar-refractivity contribution is 0.0695. The number of likely N-dealkylation sites (N-methyl/N-ethyl adjacent to an activating group) is 1. The second kappa shape index (κ2) is 7.07. The molecule has 7 heteroatoms. The molecule has 1 aromatic carbocycles. The fraction of sp³-hybridized carbons (Fsp3) is 0.474. The first-order chi connectivity index (χ1) is 12.4. The minimum absolute atomic E-state index is 0.105. The Balaban J connectivity index is 2.12. The van der Waals surface area contributed by atoms with Crippen LogP contribution in [-0.2, 0) is 6.54 Å². The van der Waals surface area contributed by atoms with Gasteiger partial charge in [0.15, 0.2) is 0 Å².